The first kappa shape index (κ1) is 23.3. The smallest absolute Gasteiger partial charge is 0.387 e. The monoisotopic (exact) mass is 521 g/mol. The highest BCUT2D eigenvalue weighted by Crippen LogP contribution is 2.25. The molecular weight excluding hydrogens is 499 g/mol. The minimum Gasteiger partial charge on any atom is -0.434 e. The molecule has 138 valence electrons. The van der Waals surface area contributed by atoms with Gasteiger partial charge in [-0.05, 0) is 32.0 Å². The highest BCUT2D eigenvalue weighted by molar-refractivity contribution is 14.0. The summed E-state index contributed by atoms with van der Waals surface area (Å²) in [5, 5.41) is 6.20. The molecule has 0 aromatic heterocycles. The summed E-state index contributed by atoms with van der Waals surface area (Å²) in [4.78, 5) is 4.38. The molecule has 0 saturated carbocycles. The molecule has 0 aliphatic heterocycles. The molecule has 1 aromatic rings. The van der Waals surface area contributed by atoms with Crippen LogP contribution in [0.15, 0.2) is 27.7 Å². The van der Waals surface area contributed by atoms with Gasteiger partial charge in [0.1, 0.15) is 5.75 Å². The van der Waals surface area contributed by atoms with Crippen LogP contribution in [0.5, 0.6) is 5.75 Å². The molecule has 0 fully saturated rings. The van der Waals surface area contributed by atoms with Crippen LogP contribution in [0.4, 0.5) is 8.78 Å². The van der Waals surface area contributed by atoms with Crippen LogP contribution in [-0.4, -0.2) is 38.9 Å². The quantitative estimate of drug-likeness (QED) is 0.225. The lowest BCUT2D eigenvalue weighted by atomic mass is 10.2. The number of ether oxygens (including phenoxy) is 2. The standard InChI is InChI=1S/C15H22BrF2N3O2.HI/c1-3-19-15(20-7-8-22-4-2)21-10-11-9-12(16)5-6-13(11)23-14(17)18;/h5-6,9,14H,3-4,7-8,10H2,1-2H3,(H2,19,20,21);1H. The van der Waals surface area contributed by atoms with Crippen LogP contribution in [0.3, 0.4) is 0 Å². The number of halogens is 4. The van der Waals surface area contributed by atoms with Gasteiger partial charge in [0.15, 0.2) is 5.96 Å². The van der Waals surface area contributed by atoms with Gasteiger partial charge in [0.05, 0.1) is 13.2 Å². The van der Waals surface area contributed by atoms with Crippen molar-refractivity contribution in [3.63, 3.8) is 0 Å². The van der Waals surface area contributed by atoms with Crippen molar-refractivity contribution in [2.75, 3.05) is 26.3 Å². The third-order valence-electron chi connectivity index (χ3n) is 2.73. The fourth-order valence-electron chi connectivity index (χ4n) is 1.77. The Hall–Kier alpha value is -0.680. The molecule has 1 rings (SSSR count). The highest BCUT2D eigenvalue weighted by Gasteiger charge is 2.10. The van der Waals surface area contributed by atoms with Crippen molar-refractivity contribution in [2.45, 2.75) is 27.0 Å². The van der Waals surface area contributed by atoms with Crippen molar-refractivity contribution in [1.82, 2.24) is 10.6 Å². The lowest BCUT2D eigenvalue weighted by Gasteiger charge is -2.13. The fourth-order valence-corrected chi connectivity index (χ4v) is 2.18. The van der Waals surface area contributed by atoms with Crippen LogP contribution in [0.1, 0.15) is 19.4 Å². The topological polar surface area (TPSA) is 54.9 Å². The average Bonchev–Trinajstić information content (AvgIpc) is 2.51. The van der Waals surface area contributed by atoms with Gasteiger partial charge in [-0.2, -0.15) is 8.78 Å². The third-order valence-corrected chi connectivity index (χ3v) is 3.23. The largest absolute Gasteiger partial charge is 0.434 e. The maximum atomic E-state index is 12.5. The lowest BCUT2D eigenvalue weighted by molar-refractivity contribution is -0.0504. The number of nitrogens with one attached hydrogen (secondary N) is 2. The molecule has 0 spiro atoms. The number of guanidine groups is 1. The van der Waals surface area contributed by atoms with Crippen molar-refractivity contribution in [1.29, 1.82) is 0 Å². The van der Waals surface area contributed by atoms with Crippen LogP contribution in [0.2, 0.25) is 0 Å². The normalized spacial score (nSPS) is 11.2. The van der Waals surface area contributed by atoms with E-state index in [1.165, 1.54) is 6.07 Å². The van der Waals surface area contributed by atoms with Gasteiger partial charge in [0, 0.05) is 29.7 Å². The molecule has 0 atom stereocenters. The molecular formula is C15H23BrF2IN3O2. The summed E-state index contributed by atoms with van der Waals surface area (Å²) in [6.07, 6.45) is 0. The van der Waals surface area contributed by atoms with Gasteiger partial charge in [0.2, 0.25) is 0 Å². The van der Waals surface area contributed by atoms with Gasteiger partial charge < -0.3 is 20.1 Å². The van der Waals surface area contributed by atoms with E-state index < -0.39 is 6.61 Å². The summed E-state index contributed by atoms with van der Waals surface area (Å²) < 4.78 is 35.4. The van der Waals surface area contributed by atoms with Crippen molar-refractivity contribution in [3.05, 3.63) is 28.2 Å². The summed E-state index contributed by atoms with van der Waals surface area (Å²) in [7, 11) is 0. The Morgan fingerprint density at radius 3 is 2.67 bits per heavy atom. The maximum absolute atomic E-state index is 12.5. The molecule has 0 bridgehead atoms. The Labute approximate surface area is 166 Å². The molecule has 0 aliphatic carbocycles. The van der Waals surface area contributed by atoms with E-state index in [0.717, 1.165) is 4.47 Å². The molecule has 0 unspecified atom stereocenters. The van der Waals surface area contributed by atoms with E-state index >= 15 is 0 Å². The predicted molar refractivity (Wildman–Crippen MR) is 106 cm³/mol. The summed E-state index contributed by atoms with van der Waals surface area (Å²) in [5.41, 5.74) is 0.571. The number of aliphatic imine (C=N–C) groups is 1. The van der Waals surface area contributed by atoms with Gasteiger partial charge in [-0.1, -0.05) is 15.9 Å². The first-order valence-electron chi connectivity index (χ1n) is 7.40. The highest BCUT2D eigenvalue weighted by atomic mass is 127. The van der Waals surface area contributed by atoms with Crippen LogP contribution in [0.25, 0.3) is 0 Å². The van der Waals surface area contributed by atoms with Gasteiger partial charge in [0.25, 0.3) is 0 Å². The second kappa shape index (κ2) is 13.6. The molecule has 9 heteroatoms. The number of hydrogen-bond donors (Lipinski definition) is 2. The minimum atomic E-state index is -2.86. The third kappa shape index (κ3) is 9.58. The second-order valence-corrected chi connectivity index (χ2v) is 5.37. The van der Waals surface area contributed by atoms with Crippen LogP contribution in [0, 0.1) is 0 Å². The molecule has 0 amide bonds. The van der Waals surface area contributed by atoms with Crippen molar-refractivity contribution >= 4 is 45.9 Å². The minimum absolute atomic E-state index is 0. The molecule has 1 aromatic carbocycles. The van der Waals surface area contributed by atoms with E-state index in [9.17, 15) is 8.78 Å². The van der Waals surface area contributed by atoms with E-state index in [0.29, 0.717) is 37.8 Å². The van der Waals surface area contributed by atoms with E-state index in [2.05, 4.69) is 36.3 Å². The number of alkyl halides is 2. The second-order valence-electron chi connectivity index (χ2n) is 4.45. The van der Waals surface area contributed by atoms with Crippen molar-refractivity contribution < 1.29 is 18.3 Å². The molecule has 0 radical (unpaired) electrons. The Morgan fingerprint density at radius 1 is 1.29 bits per heavy atom. The SMILES string of the molecule is CCNC(=NCc1cc(Br)ccc1OC(F)F)NCCOCC.I. The molecule has 0 aliphatic rings. The average molecular weight is 522 g/mol. The van der Waals surface area contributed by atoms with E-state index in [1.807, 2.05) is 13.8 Å². The molecule has 2 N–H and O–H groups in total. The number of rotatable bonds is 9. The fraction of sp³-hybridized carbons (Fsp3) is 0.533. The van der Waals surface area contributed by atoms with Crippen LogP contribution in [-0.2, 0) is 11.3 Å². The Kier molecular flexibility index (Phi) is 13.2. The zero-order valence-electron chi connectivity index (χ0n) is 13.7. The first-order valence-corrected chi connectivity index (χ1v) is 8.19. The summed E-state index contributed by atoms with van der Waals surface area (Å²) in [6.45, 7) is 3.75. The number of hydrogen-bond acceptors (Lipinski definition) is 3. The van der Waals surface area contributed by atoms with Crippen molar-refractivity contribution in [2.24, 2.45) is 4.99 Å². The Balaban J connectivity index is 0.00000529. The van der Waals surface area contributed by atoms with Gasteiger partial charge >= 0.3 is 6.61 Å². The predicted octanol–water partition coefficient (Wildman–Crippen LogP) is 3.76. The van der Waals surface area contributed by atoms with Crippen molar-refractivity contribution in [3.8, 4) is 5.75 Å². The zero-order chi connectivity index (χ0) is 17.1. The van der Waals surface area contributed by atoms with Crippen LogP contribution < -0.4 is 15.4 Å². The number of benzene rings is 1. The lowest BCUT2D eigenvalue weighted by Crippen LogP contribution is -2.39. The Morgan fingerprint density at radius 2 is 2.04 bits per heavy atom. The van der Waals surface area contributed by atoms with E-state index in [-0.39, 0.29) is 36.3 Å². The van der Waals surface area contributed by atoms with E-state index in [1.54, 1.807) is 12.1 Å². The first-order chi connectivity index (χ1) is 11.1. The summed E-state index contributed by atoms with van der Waals surface area (Å²) in [5.74, 6) is 0.715. The van der Waals surface area contributed by atoms with Gasteiger partial charge in [-0.3, -0.25) is 0 Å². The molecule has 5 nitrogen and oxygen atoms in total. The Bertz CT molecular complexity index is 508. The molecule has 24 heavy (non-hydrogen) atoms. The summed E-state index contributed by atoms with van der Waals surface area (Å²) in [6, 6.07) is 4.86. The maximum Gasteiger partial charge on any atom is 0.387 e. The summed E-state index contributed by atoms with van der Waals surface area (Å²) >= 11 is 3.32. The molecule has 0 saturated heterocycles. The van der Waals surface area contributed by atoms with E-state index in [4.69, 9.17) is 4.74 Å². The number of nitrogens with zero attached hydrogens (tertiary/aromatic N) is 1. The van der Waals surface area contributed by atoms with Gasteiger partial charge in [-0.15, -0.1) is 24.0 Å². The zero-order valence-corrected chi connectivity index (χ0v) is 17.6. The van der Waals surface area contributed by atoms with Crippen LogP contribution >= 0.6 is 39.9 Å². The molecule has 0 heterocycles. The van der Waals surface area contributed by atoms with Gasteiger partial charge in [-0.25, -0.2) is 4.99 Å².